The lowest BCUT2D eigenvalue weighted by Gasteiger charge is -2.31. The van der Waals surface area contributed by atoms with E-state index in [0.29, 0.717) is 39.6 Å². The third-order valence-corrected chi connectivity index (χ3v) is 8.60. The van der Waals surface area contributed by atoms with Gasteiger partial charge in [-0.1, -0.05) is 91.0 Å². The van der Waals surface area contributed by atoms with Crippen molar-refractivity contribution >= 4 is 21.5 Å². The van der Waals surface area contributed by atoms with Gasteiger partial charge in [0.15, 0.2) is 0 Å². The second-order valence-corrected chi connectivity index (χ2v) is 11.7. The first-order valence-corrected chi connectivity index (χ1v) is 16.3. The molecule has 5 heteroatoms. The van der Waals surface area contributed by atoms with Gasteiger partial charge in [-0.3, -0.25) is 0 Å². The monoisotopic (exact) mass is 634 g/mol. The van der Waals surface area contributed by atoms with E-state index in [4.69, 9.17) is 23.7 Å². The summed E-state index contributed by atoms with van der Waals surface area (Å²) in [4.78, 5) is 0. The van der Waals surface area contributed by atoms with E-state index in [-0.39, 0.29) is 5.92 Å². The van der Waals surface area contributed by atoms with E-state index >= 15 is 0 Å². The second kappa shape index (κ2) is 14.6. The van der Waals surface area contributed by atoms with Gasteiger partial charge in [0.05, 0.1) is 26.4 Å². The van der Waals surface area contributed by atoms with Gasteiger partial charge >= 0.3 is 0 Å². The van der Waals surface area contributed by atoms with Crippen molar-refractivity contribution in [1.29, 1.82) is 0 Å². The Morgan fingerprint density at radius 1 is 0.542 bits per heavy atom. The molecule has 0 fully saturated rings. The zero-order chi connectivity index (χ0) is 32.7. The SMILES string of the molecule is C=CCOCCOc1ccc2c3c(ccc2c1)Oc1ccc2cc(OCCOCC=C)ccc2c1C3c1ccc(-c2ccccc2)cc1. The first kappa shape index (κ1) is 31.3. The smallest absolute Gasteiger partial charge is 0.132 e. The van der Waals surface area contributed by atoms with Crippen LogP contribution in [0.4, 0.5) is 0 Å². The van der Waals surface area contributed by atoms with Crippen molar-refractivity contribution < 1.29 is 23.7 Å². The molecule has 5 nitrogen and oxygen atoms in total. The Morgan fingerprint density at radius 2 is 1.06 bits per heavy atom. The number of ether oxygens (including phenoxy) is 5. The summed E-state index contributed by atoms with van der Waals surface area (Å²) in [5.41, 5.74) is 5.85. The average molecular weight is 635 g/mol. The average Bonchev–Trinajstić information content (AvgIpc) is 3.14. The topological polar surface area (TPSA) is 46.2 Å². The van der Waals surface area contributed by atoms with Crippen molar-refractivity contribution in [2.24, 2.45) is 0 Å². The highest BCUT2D eigenvalue weighted by atomic mass is 16.5. The zero-order valence-electron chi connectivity index (χ0n) is 26.9. The van der Waals surface area contributed by atoms with Crippen molar-refractivity contribution in [3.8, 4) is 34.1 Å². The Balaban J connectivity index is 1.30. The van der Waals surface area contributed by atoms with Crippen LogP contribution < -0.4 is 14.2 Å². The molecular formula is C43H38O5. The minimum atomic E-state index is -0.0703. The molecule has 1 aliphatic heterocycles. The highest BCUT2D eigenvalue weighted by Gasteiger charge is 2.32. The minimum absolute atomic E-state index is 0.0703. The van der Waals surface area contributed by atoms with Crippen molar-refractivity contribution in [1.82, 2.24) is 0 Å². The van der Waals surface area contributed by atoms with Gasteiger partial charge in [-0.05, 0) is 74.6 Å². The molecule has 0 bridgehead atoms. The highest BCUT2D eigenvalue weighted by molar-refractivity contribution is 5.96. The summed E-state index contributed by atoms with van der Waals surface area (Å²) in [5, 5.41) is 4.43. The first-order valence-electron chi connectivity index (χ1n) is 16.3. The summed E-state index contributed by atoms with van der Waals surface area (Å²) in [7, 11) is 0. The van der Waals surface area contributed by atoms with Crippen molar-refractivity contribution in [2.45, 2.75) is 5.92 Å². The zero-order valence-corrected chi connectivity index (χ0v) is 26.9. The molecule has 0 N–H and O–H groups in total. The molecule has 1 aliphatic rings. The maximum atomic E-state index is 6.69. The van der Waals surface area contributed by atoms with Crippen LogP contribution in [0.2, 0.25) is 0 Å². The number of rotatable bonds is 14. The fourth-order valence-electron chi connectivity index (χ4n) is 6.44. The van der Waals surface area contributed by atoms with E-state index in [2.05, 4.69) is 110 Å². The molecule has 0 saturated carbocycles. The normalized spacial score (nSPS) is 12.2. The molecule has 0 radical (unpaired) electrons. The van der Waals surface area contributed by atoms with Gasteiger partial charge in [-0.25, -0.2) is 0 Å². The van der Waals surface area contributed by atoms with Crippen LogP contribution in [0.25, 0.3) is 32.7 Å². The Kier molecular flexibility index (Phi) is 9.50. The molecule has 0 aliphatic carbocycles. The second-order valence-electron chi connectivity index (χ2n) is 11.7. The van der Waals surface area contributed by atoms with Crippen LogP contribution in [0, 0.1) is 0 Å². The molecule has 0 atom stereocenters. The van der Waals surface area contributed by atoms with Crippen LogP contribution in [0.5, 0.6) is 23.0 Å². The summed E-state index contributed by atoms with van der Waals surface area (Å²) in [6.45, 7) is 10.4. The van der Waals surface area contributed by atoms with E-state index in [1.54, 1.807) is 12.2 Å². The van der Waals surface area contributed by atoms with Crippen molar-refractivity contribution in [3.05, 3.63) is 157 Å². The number of benzene rings is 6. The third-order valence-electron chi connectivity index (χ3n) is 8.60. The molecule has 0 aromatic heterocycles. The molecule has 48 heavy (non-hydrogen) atoms. The maximum absolute atomic E-state index is 6.69. The van der Waals surface area contributed by atoms with E-state index in [1.165, 1.54) is 16.7 Å². The Morgan fingerprint density at radius 3 is 1.58 bits per heavy atom. The van der Waals surface area contributed by atoms with E-state index < -0.39 is 0 Å². The lowest BCUT2D eigenvalue weighted by atomic mass is 9.78. The number of fused-ring (bicyclic) bond motifs is 6. The quantitative estimate of drug-likeness (QED) is 0.0880. The standard InChI is InChI=1S/C43H38O5/c1-3-22-44-24-26-46-35-16-18-37-33(28-35)14-20-39-42(37)41(32-12-10-31(11-13-32)30-8-6-5-7-9-30)43-38-19-17-36(47-27-25-45-23-4-2)29-34(38)15-21-40(43)48-39/h3-21,28-29,41H,1-2,22-27H2. The van der Waals surface area contributed by atoms with Gasteiger partial charge in [0.2, 0.25) is 0 Å². The fraction of sp³-hybridized carbons (Fsp3) is 0.163. The summed E-state index contributed by atoms with van der Waals surface area (Å²) in [6, 6.07) is 40.4. The van der Waals surface area contributed by atoms with Crippen LogP contribution in [-0.2, 0) is 9.47 Å². The molecule has 0 amide bonds. The van der Waals surface area contributed by atoms with Gasteiger partial charge in [-0.15, -0.1) is 13.2 Å². The molecule has 0 unspecified atom stereocenters. The molecule has 6 aromatic carbocycles. The van der Waals surface area contributed by atoms with Gasteiger partial charge in [0.25, 0.3) is 0 Å². The lowest BCUT2D eigenvalue weighted by molar-refractivity contribution is 0.121. The fourth-order valence-corrected chi connectivity index (χ4v) is 6.44. The molecule has 6 aromatic rings. The third kappa shape index (κ3) is 6.56. The largest absolute Gasteiger partial charge is 0.491 e. The Bertz CT molecular complexity index is 1940. The molecule has 7 rings (SSSR count). The van der Waals surface area contributed by atoms with Crippen LogP contribution in [0.1, 0.15) is 22.6 Å². The van der Waals surface area contributed by atoms with Gasteiger partial charge in [-0.2, -0.15) is 0 Å². The molecular weight excluding hydrogens is 596 g/mol. The molecule has 0 spiro atoms. The maximum Gasteiger partial charge on any atom is 0.132 e. The van der Waals surface area contributed by atoms with Crippen LogP contribution in [0.15, 0.2) is 141 Å². The summed E-state index contributed by atoms with van der Waals surface area (Å²) in [6.07, 6.45) is 3.48. The van der Waals surface area contributed by atoms with E-state index in [0.717, 1.165) is 55.7 Å². The summed E-state index contributed by atoms with van der Waals surface area (Å²) >= 11 is 0. The Labute approximate surface area is 281 Å². The predicted octanol–water partition coefficient (Wildman–Crippen LogP) is 10.1. The highest BCUT2D eigenvalue weighted by Crippen LogP contribution is 2.52. The van der Waals surface area contributed by atoms with Crippen LogP contribution >= 0.6 is 0 Å². The Hall–Kier alpha value is -5.36. The molecule has 1 heterocycles. The minimum Gasteiger partial charge on any atom is -0.491 e. The summed E-state index contributed by atoms with van der Waals surface area (Å²) < 4.78 is 29.7. The lowest BCUT2D eigenvalue weighted by Crippen LogP contribution is -2.13. The van der Waals surface area contributed by atoms with Crippen molar-refractivity contribution in [2.75, 3.05) is 39.6 Å². The van der Waals surface area contributed by atoms with Crippen molar-refractivity contribution in [3.63, 3.8) is 0 Å². The van der Waals surface area contributed by atoms with E-state index in [9.17, 15) is 0 Å². The first-order chi connectivity index (χ1) is 23.7. The molecule has 240 valence electrons. The van der Waals surface area contributed by atoms with Gasteiger partial charge < -0.3 is 23.7 Å². The number of hydrogen-bond donors (Lipinski definition) is 0. The summed E-state index contributed by atoms with van der Waals surface area (Å²) in [5.74, 6) is 3.26. The predicted molar refractivity (Wildman–Crippen MR) is 194 cm³/mol. The van der Waals surface area contributed by atoms with Crippen LogP contribution in [0.3, 0.4) is 0 Å². The van der Waals surface area contributed by atoms with E-state index in [1.807, 2.05) is 18.2 Å². The molecule has 0 saturated heterocycles. The van der Waals surface area contributed by atoms with Gasteiger partial charge in [0, 0.05) is 17.0 Å². The number of hydrogen-bond acceptors (Lipinski definition) is 5. The van der Waals surface area contributed by atoms with Gasteiger partial charge in [0.1, 0.15) is 36.2 Å². The van der Waals surface area contributed by atoms with Crippen LogP contribution in [-0.4, -0.2) is 39.6 Å².